The minimum Gasteiger partial charge on any atom is -0.494 e. The Morgan fingerprint density at radius 2 is 2.25 bits per heavy atom. The molecule has 0 spiro atoms. The van der Waals surface area contributed by atoms with E-state index in [2.05, 4.69) is 5.32 Å². The van der Waals surface area contributed by atoms with Gasteiger partial charge in [-0.3, -0.25) is 4.79 Å². The summed E-state index contributed by atoms with van der Waals surface area (Å²) in [6.45, 7) is 3.22. The molecule has 1 aromatic rings. The first-order valence-corrected chi connectivity index (χ1v) is 6.72. The Hall–Kier alpha value is -1.88. The molecule has 0 bridgehead atoms. The van der Waals surface area contributed by atoms with Crippen LogP contribution in [0.3, 0.4) is 0 Å². The lowest BCUT2D eigenvalue weighted by Crippen LogP contribution is -2.32. The number of methoxy groups -OCH3 is 1. The van der Waals surface area contributed by atoms with Crippen molar-refractivity contribution in [3.63, 3.8) is 0 Å². The molecule has 1 aromatic carbocycles. The topological polar surface area (TPSA) is 41.6 Å². The normalized spacial score (nSPS) is 16.2. The second-order valence-corrected chi connectivity index (χ2v) is 4.66. The summed E-state index contributed by atoms with van der Waals surface area (Å²) in [5, 5.41) is 3.24. The molecule has 1 N–H and O–H groups in total. The van der Waals surface area contributed by atoms with E-state index in [1.807, 2.05) is 0 Å². The van der Waals surface area contributed by atoms with Gasteiger partial charge < -0.3 is 15.0 Å². The van der Waals surface area contributed by atoms with Crippen LogP contribution in [-0.2, 0) is 4.79 Å². The van der Waals surface area contributed by atoms with Crippen LogP contribution in [0.4, 0.5) is 4.39 Å². The maximum atomic E-state index is 13.5. The van der Waals surface area contributed by atoms with E-state index < -0.39 is 5.82 Å². The fourth-order valence-corrected chi connectivity index (χ4v) is 2.13. The highest BCUT2D eigenvalue weighted by Gasteiger charge is 2.12. The summed E-state index contributed by atoms with van der Waals surface area (Å²) < 4.78 is 18.4. The first-order valence-electron chi connectivity index (χ1n) is 6.72. The van der Waals surface area contributed by atoms with Gasteiger partial charge in [-0.15, -0.1) is 0 Å². The van der Waals surface area contributed by atoms with Crippen LogP contribution in [0, 0.1) is 5.82 Å². The average Bonchev–Trinajstić information content (AvgIpc) is 2.74. The van der Waals surface area contributed by atoms with Crippen molar-refractivity contribution < 1.29 is 13.9 Å². The van der Waals surface area contributed by atoms with E-state index in [-0.39, 0.29) is 11.7 Å². The van der Waals surface area contributed by atoms with Crippen molar-refractivity contribution in [1.82, 2.24) is 10.2 Å². The van der Waals surface area contributed by atoms with Crippen molar-refractivity contribution in [2.75, 3.05) is 33.3 Å². The largest absolute Gasteiger partial charge is 0.494 e. The zero-order valence-corrected chi connectivity index (χ0v) is 11.6. The van der Waals surface area contributed by atoms with E-state index in [0.717, 1.165) is 26.1 Å². The molecule has 0 aromatic heterocycles. The van der Waals surface area contributed by atoms with Gasteiger partial charge in [0.2, 0.25) is 5.91 Å². The van der Waals surface area contributed by atoms with Gasteiger partial charge >= 0.3 is 0 Å². The Morgan fingerprint density at radius 3 is 3.00 bits per heavy atom. The summed E-state index contributed by atoms with van der Waals surface area (Å²) in [6, 6.07) is 4.62. The molecule has 0 unspecified atom stereocenters. The zero-order chi connectivity index (χ0) is 14.4. The van der Waals surface area contributed by atoms with Gasteiger partial charge in [-0.1, -0.05) is 6.07 Å². The number of hydrogen-bond acceptors (Lipinski definition) is 3. The number of rotatable bonds is 3. The minimum absolute atomic E-state index is 0.0371. The Labute approximate surface area is 118 Å². The first kappa shape index (κ1) is 14.5. The van der Waals surface area contributed by atoms with Crippen molar-refractivity contribution in [3.05, 3.63) is 35.7 Å². The summed E-state index contributed by atoms with van der Waals surface area (Å²) >= 11 is 0. The van der Waals surface area contributed by atoms with Gasteiger partial charge in [0.25, 0.3) is 0 Å². The molecule has 0 atom stereocenters. The van der Waals surface area contributed by atoms with Crippen molar-refractivity contribution >= 4 is 12.0 Å². The SMILES string of the molecule is COc1ccc(/C=C/C(=O)N2CCCNCC2)cc1F. The van der Waals surface area contributed by atoms with Crippen LogP contribution < -0.4 is 10.1 Å². The smallest absolute Gasteiger partial charge is 0.246 e. The summed E-state index contributed by atoms with van der Waals surface area (Å²) in [7, 11) is 1.42. The quantitative estimate of drug-likeness (QED) is 0.855. The van der Waals surface area contributed by atoms with Crippen molar-refractivity contribution in [1.29, 1.82) is 0 Å². The molecular weight excluding hydrogens is 259 g/mol. The van der Waals surface area contributed by atoms with Crippen molar-refractivity contribution in [2.24, 2.45) is 0 Å². The monoisotopic (exact) mass is 278 g/mol. The summed E-state index contributed by atoms with van der Waals surface area (Å²) in [4.78, 5) is 13.8. The molecule has 108 valence electrons. The molecule has 0 radical (unpaired) electrons. The number of nitrogens with one attached hydrogen (secondary N) is 1. The molecule has 5 heteroatoms. The Morgan fingerprint density at radius 1 is 1.40 bits per heavy atom. The number of halogens is 1. The number of carbonyl (C=O) groups is 1. The van der Waals surface area contributed by atoms with Crippen LogP contribution in [0.1, 0.15) is 12.0 Å². The van der Waals surface area contributed by atoms with Gasteiger partial charge in [0.1, 0.15) is 0 Å². The number of benzene rings is 1. The molecule has 0 saturated carbocycles. The van der Waals surface area contributed by atoms with E-state index in [0.29, 0.717) is 12.1 Å². The van der Waals surface area contributed by atoms with E-state index in [9.17, 15) is 9.18 Å². The molecule has 4 nitrogen and oxygen atoms in total. The molecule has 1 aliphatic rings. The third-order valence-corrected chi connectivity index (χ3v) is 3.25. The fourth-order valence-electron chi connectivity index (χ4n) is 2.13. The van der Waals surface area contributed by atoms with Crippen LogP contribution in [0.2, 0.25) is 0 Å². The van der Waals surface area contributed by atoms with Crippen LogP contribution in [0.5, 0.6) is 5.75 Å². The Kier molecular flexibility index (Phi) is 5.12. The second kappa shape index (κ2) is 7.05. The third kappa shape index (κ3) is 3.81. The minimum atomic E-state index is -0.430. The highest BCUT2D eigenvalue weighted by molar-refractivity contribution is 5.91. The van der Waals surface area contributed by atoms with E-state index >= 15 is 0 Å². The van der Waals surface area contributed by atoms with Gasteiger partial charge in [-0.25, -0.2) is 4.39 Å². The van der Waals surface area contributed by atoms with E-state index in [4.69, 9.17) is 4.74 Å². The molecule has 0 aliphatic carbocycles. The molecule has 1 amide bonds. The maximum Gasteiger partial charge on any atom is 0.246 e. The summed E-state index contributed by atoms with van der Waals surface area (Å²) in [5.74, 6) is -0.266. The van der Waals surface area contributed by atoms with Crippen molar-refractivity contribution in [2.45, 2.75) is 6.42 Å². The highest BCUT2D eigenvalue weighted by Crippen LogP contribution is 2.18. The average molecular weight is 278 g/mol. The number of amides is 1. The number of nitrogens with zero attached hydrogens (tertiary/aromatic N) is 1. The lowest BCUT2D eigenvalue weighted by molar-refractivity contribution is -0.125. The lowest BCUT2D eigenvalue weighted by Gasteiger charge is -2.17. The molecule has 1 fully saturated rings. The molecule has 1 saturated heterocycles. The Balaban J connectivity index is 2.00. The highest BCUT2D eigenvalue weighted by atomic mass is 19.1. The van der Waals surface area contributed by atoms with Crippen molar-refractivity contribution in [3.8, 4) is 5.75 Å². The molecule has 20 heavy (non-hydrogen) atoms. The molecule has 1 aliphatic heterocycles. The van der Waals surface area contributed by atoms with E-state index in [1.165, 1.54) is 19.3 Å². The fraction of sp³-hybridized carbons (Fsp3) is 0.400. The number of carbonyl (C=O) groups excluding carboxylic acids is 1. The van der Waals surface area contributed by atoms with Crippen LogP contribution in [-0.4, -0.2) is 44.1 Å². The third-order valence-electron chi connectivity index (χ3n) is 3.25. The predicted molar refractivity (Wildman–Crippen MR) is 76.1 cm³/mol. The predicted octanol–water partition coefficient (Wildman–Crippen LogP) is 1.67. The molecule has 2 rings (SSSR count). The van der Waals surface area contributed by atoms with Crippen LogP contribution >= 0.6 is 0 Å². The zero-order valence-electron chi connectivity index (χ0n) is 11.6. The maximum absolute atomic E-state index is 13.5. The number of hydrogen-bond donors (Lipinski definition) is 1. The molecule has 1 heterocycles. The van der Waals surface area contributed by atoms with E-state index in [1.54, 1.807) is 23.1 Å². The summed E-state index contributed by atoms with van der Waals surface area (Å²) in [5.41, 5.74) is 0.643. The van der Waals surface area contributed by atoms with Gasteiger partial charge in [0.15, 0.2) is 11.6 Å². The molecular formula is C15H19FN2O2. The van der Waals surface area contributed by atoms with Crippen LogP contribution in [0.15, 0.2) is 24.3 Å². The number of ether oxygens (including phenoxy) is 1. The lowest BCUT2D eigenvalue weighted by atomic mass is 10.2. The van der Waals surface area contributed by atoms with Gasteiger partial charge in [0, 0.05) is 25.7 Å². The van der Waals surface area contributed by atoms with Crippen LogP contribution in [0.25, 0.3) is 6.08 Å². The van der Waals surface area contributed by atoms with Gasteiger partial charge in [-0.2, -0.15) is 0 Å². The van der Waals surface area contributed by atoms with Gasteiger partial charge in [0.05, 0.1) is 7.11 Å². The second-order valence-electron chi connectivity index (χ2n) is 4.66. The first-order chi connectivity index (χ1) is 9.70. The Bertz CT molecular complexity index is 495. The standard InChI is InChI=1S/C15H19FN2O2/c1-20-14-5-3-12(11-13(14)16)4-6-15(19)18-9-2-7-17-8-10-18/h3-6,11,17H,2,7-10H2,1H3/b6-4+. The summed E-state index contributed by atoms with van der Waals surface area (Å²) in [6.07, 6.45) is 4.08. The van der Waals surface area contributed by atoms with Gasteiger partial charge in [-0.05, 0) is 36.7 Å².